The van der Waals surface area contributed by atoms with E-state index in [4.69, 9.17) is 0 Å². The second-order valence-electron chi connectivity index (χ2n) is 2.79. The van der Waals surface area contributed by atoms with Gasteiger partial charge in [-0.15, -0.1) is 0 Å². The van der Waals surface area contributed by atoms with Crippen LogP contribution in [0.5, 0.6) is 0 Å². The topological polar surface area (TPSA) is 58.2 Å². The van der Waals surface area contributed by atoms with E-state index in [0.29, 0.717) is 12.8 Å². The van der Waals surface area contributed by atoms with Gasteiger partial charge >= 0.3 is 0 Å². The first kappa shape index (κ1) is 8.04. The average Bonchev–Trinajstić information content (AvgIpc) is 1.95. The van der Waals surface area contributed by atoms with Crippen LogP contribution in [0.3, 0.4) is 0 Å². The van der Waals surface area contributed by atoms with Crippen molar-refractivity contribution in [3.63, 3.8) is 0 Å². The first-order valence-corrected chi connectivity index (χ1v) is 3.73. The summed E-state index contributed by atoms with van der Waals surface area (Å²) in [5.74, 6) is 0.0708. The molecule has 1 aliphatic heterocycles. The fourth-order valence-corrected chi connectivity index (χ4v) is 1.28. The predicted octanol–water partition coefficient (Wildman–Crippen LogP) is -0.601. The Hall–Kier alpha value is -1.06. The van der Waals surface area contributed by atoms with Crippen LogP contribution in [0.25, 0.3) is 0 Å². The van der Waals surface area contributed by atoms with Gasteiger partial charge in [0.15, 0.2) is 0 Å². The summed E-state index contributed by atoms with van der Waals surface area (Å²) < 4.78 is 0. The molecule has 1 aliphatic rings. The maximum Gasteiger partial charge on any atom is 0.220 e. The molecule has 0 bridgehead atoms. The quantitative estimate of drug-likeness (QED) is 0.524. The Balaban J connectivity index is 2.43. The minimum absolute atomic E-state index is 0.0569. The second-order valence-corrected chi connectivity index (χ2v) is 2.79. The molecule has 2 N–H and O–H groups in total. The molecule has 1 saturated heterocycles. The Morgan fingerprint density at radius 1 is 1.73 bits per heavy atom. The Morgan fingerprint density at radius 3 is 3.00 bits per heavy atom. The van der Waals surface area contributed by atoms with Gasteiger partial charge in [0.1, 0.15) is 0 Å². The standard InChI is InChI=1S/C7H12N2O2/c1-5-6(8-4-10)2-3-7(11)9-5/h4-6H,2-3H2,1H3,(H,8,10)(H,9,11). The summed E-state index contributed by atoms with van der Waals surface area (Å²) in [5, 5.41) is 5.41. The number of hydrogen-bond acceptors (Lipinski definition) is 2. The molecule has 0 aliphatic carbocycles. The molecule has 1 rings (SSSR count). The zero-order chi connectivity index (χ0) is 8.27. The number of carbonyl (C=O) groups is 2. The van der Waals surface area contributed by atoms with E-state index in [1.54, 1.807) is 0 Å². The summed E-state index contributed by atoms with van der Waals surface area (Å²) in [4.78, 5) is 20.9. The van der Waals surface area contributed by atoms with E-state index in [0.717, 1.165) is 6.42 Å². The number of nitrogens with one attached hydrogen (secondary N) is 2. The van der Waals surface area contributed by atoms with E-state index in [9.17, 15) is 9.59 Å². The maximum atomic E-state index is 10.8. The molecule has 0 aromatic carbocycles. The van der Waals surface area contributed by atoms with E-state index in [-0.39, 0.29) is 18.0 Å². The van der Waals surface area contributed by atoms with Gasteiger partial charge in [0, 0.05) is 18.5 Å². The summed E-state index contributed by atoms with van der Waals surface area (Å²) >= 11 is 0. The van der Waals surface area contributed by atoms with Crippen LogP contribution in [-0.4, -0.2) is 24.4 Å². The van der Waals surface area contributed by atoms with Crippen molar-refractivity contribution in [3.05, 3.63) is 0 Å². The highest BCUT2D eigenvalue weighted by atomic mass is 16.2. The van der Waals surface area contributed by atoms with Gasteiger partial charge in [0.25, 0.3) is 0 Å². The van der Waals surface area contributed by atoms with Crippen molar-refractivity contribution < 1.29 is 9.59 Å². The number of carbonyl (C=O) groups excluding carboxylic acids is 2. The van der Waals surface area contributed by atoms with Crippen LogP contribution in [0.15, 0.2) is 0 Å². The fraction of sp³-hybridized carbons (Fsp3) is 0.714. The second kappa shape index (κ2) is 3.37. The van der Waals surface area contributed by atoms with Gasteiger partial charge in [0.05, 0.1) is 0 Å². The molecular formula is C7H12N2O2. The Labute approximate surface area is 65.3 Å². The molecule has 1 fully saturated rings. The van der Waals surface area contributed by atoms with E-state index < -0.39 is 0 Å². The van der Waals surface area contributed by atoms with Crippen molar-refractivity contribution in [1.29, 1.82) is 0 Å². The van der Waals surface area contributed by atoms with E-state index in [1.165, 1.54) is 0 Å². The van der Waals surface area contributed by atoms with Crippen LogP contribution in [0, 0.1) is 0 Å². The van der Waals surface area contributed by atoms with Crippen LogP contribution in [0.1, 0.15) is 19.8 Å². The largest absolute Gasteiger partial charge is 0.354 e. The third kappa shape index (κ3) is 1.93. The lowest BCUT2D eigenvalue weighted by molar-refractivity contribution is -0.124. The molecule has 0 radical (unpaired) electrons. The smallest absolute Gasteiger partial charge is 0.220 e. The van der Waals surface area contributed by atoms with Crippen molar-refractivity contribution in [2.24, 2.45) is 0 Å². The van der Waals surface area contributed by atoms with Gasteiger partial charge in [-0.2, -0.15) is 0 Å². The third-order valence-electron chi connectivity index (χ3n) is 1.96. The first-order chi connectivity index (χ1) is 5.24. The minimum Gasteiger partial charge on any atom is -0.354 e. The van der Waals surface area contributed by atoms with Crippen LogP contribution in [-0.2, 0) is 9.59 Å². The Bertz CT molecular complexity index is 170. The molecule has 2 atom stereocenters. The summed E-state index contributed by atoms with van der Waals surface area (Å²) in [6.07, 6.45) is 1.93. The Kier molecular flexibility index (Phi) is 2.46. The highest BCUT2D eigenvalue weighted by molar-refractivity contribution is 5.77. The van der Waals surface area contributed by atoms with Crippen LogP contribution < -0.4 is 10.6 Å². The normalized spacial score (nSPS) is 30.8. The van der Waals surface area contributed by atoms with Crippen LogP contribution in [0.2, 0.25) is 0 Å². The summed E-state index contributed by atoms with van der Waals surface area (Å²) in [6.45, 7) is 1.89. The SMILES string of the molecule is CC1NC(=O)CCC1NC=O. The molecule has 0 aromatic rings. The van der Waals surface area contributed by atoms with Crippen molar-refractivity contribution in [3.8, 4) is 0 Å². The van der Waals surface area contributed by atoms with E-state index in [1.807, 2.05) is 6.92 Å². The highest BCUT2D eigenvalue weighted by Crippen LogP contribution is 2.07. The van der Waals surface area contributed by atoms with Gasteiger partial charge in [-0.3, -0.25) is 9.59 Å². The van der Waals surface area contributed by atoms with Gasteiger partial charge in [-0.05, 0) is 13.3 Å². The lowest BCUT2D eigenvalue weighted by Crippen LogP contribution is -2.52. The molecule has 11 heavy (non-hydrogen) atoms. The fourth-order valence-electron chi connectivity index (χ4n) is 1.28. The Morgan fingerprint density at radius 2 is 2.45 bits per heavy atom. The van der Waals surface area contributed by atoms with E-state index >= 15 is 0 Å². The van der Waals surface area contributed by atoms with Crippen molar-refractivity contribution in [2.45, 2.75) is 31.8 Å². The molecule has 2 amide bonds. The first-order valence-electron chi connectivity index (χ1n) is 3.73. The number of rotatable bonds is 2. The zero-order valence-corrected chi connectivity index (χ0v) is 6.46. The molecule has 0 saturated carbocycles. The summed E-state index contributed by atoms with van der Waals surface area (Å²) in [6, 6.07) is 0.159. The van der Waals surface area contributed by atoms with Crippen molar-refractivity contribution in [2.75, 3.05) is 0 Å². The predicted molar refractivity (Wildman–Crippen MR) is 39.8 cm³/mol. The minimum atomic E-state index is 0.0569. The highest BCUT2D eigenvalue weighted by Gasteiger charge is 2.23. The molecular weight excluding hydrogens is 144 g/mol. The molecule has 2 unspecified atom stereocenters. The number of hydrogen-bond donors (Lipinski definition) is 2. The van der Waals surface area contributed by atoms with Gasteiger partial charge in [-0.25, -0.2) is 0 Å². The monoisotopic (exact) mass is 156 g/mol. The summed E-state index contributed by atoms with van der Waals surface area (Å²) in [5.41, 5.74) is 0. The maximum absolute atomic E-state index is 10.8. The molecule has 0 spiro atoms. The van der Waals surface area contributed by atoms with Crippen LogP contribution >= 0.6 is 0 Å². The molecule has 4 heteroatoms. The lowest BCUT2D eigenvalue weighted by atomic mass is 10.00. The van der Waals surface area contributed by atoms with Crippen molar-refractivity contribution in [1.82, 2.24) is 10.6 Å². The van der Waals surface area contributed by atoms with Crippen LogP contribution in [0.4, 0.5) is 0 Å². The lowest BCUT2D eigenvalue weighted by Gasteiger charge is -2.28. The number of piperidine rings is 1. The molecule has 4 nitrogen and oxygen atoms in total. The average molecular weight is 156 g/mol. The van der Waals surface area contributed by atoms with Gasteiger partial charge < -0.3 is 10.6 Å². The zero-order valence-electron chi connectivity index (χ0n) is 6.46. The third-order valence-corrected chi connectivity index (χ3v) is 1.96. The van der Waals surface area contributed by atoms with Gasteiger partial charge in [-0.1, -0.05) is 0 Å². The molecule has 1 heterocycles. The summed E-state index contributed by atoms with van der Waals surface area (Å²) in [7, 11) is 0. The van der Waals surface area contributed by atoms with E-state index in [2.05, 4.69) is 10.6 Å². The van der Waals surface area contributed by atoms with Gasteiger partial charge in [0.2, 0.25) is 12.3 Å². The molecule has 62 valence electrons. The molecule has 0 aromatic heterocycles. The van der Waals surface area contributed by atoms with Crippen molar-refractivity contribution >= 4 is 12.3 Å². The number of amides is 2.